The third-order valence-corrected chi connectivity index (χ3v) is 5.63. The van der Waals surface area contributed by atoms with Crippen LogP contribution >= 0.6 is 15.9 Å². The van der Waals surface area contributed by atoms with Crippen LogP contribution in [-0.2, 0) is 4.74 Å². The Morgan fingerprint density at radius 2 is 2.14 bits per heavy atom. The molecule has 1 aromatic rings. The summed E-state index contributed by atoms with van der Waals surface area (Å²) >= 11 is 3.75. The summed E-state index contributed by atoms with van der Waals surface area (Å²) < 4.78 is 7.17. The normalized spacial score (nSPS) is 27.3. The highest BCUT2D eigenvalue weighted by Crippen LogP contribution is 2.34. The van der Waals surface area contributed by atoms with Crippen LogP contribution in [0.1, 0.15) is 44.2 Å². The molecule has 1 aromatic carbocycles. The fraction of sp³-hybridized carbons (Fsp3) is 0.647. The summed E-state index contributed by atoms with van der Waals surface area (Å²) in [7, 11) is 2.00. The first kappa shape index (κ1) is 15.3. The van der Waals surface area contributed by atoms with Gasteiger partial charge in [-0.1, -0.05) is 34.8 Å². The summed E-state index contributed by atoms with van der Waals surface area (Å²) in [4.78, 5) is 2.56. The highest BCUT2D eigenvalue weighted by atomic mass is 79.9. The molecule has 4 heteroatoms. The van der Waals surface area contributed by atoms with E-state index < -0.39 is 0 Å². The van der Waals surface area contributed by atoms with Crippen LogP contribution < -0.4 is 10.2 Å². The molecular formula is C17H25BrN2O. The number of anilines is 1. The molecule has 1 saturated carbocycles. The van der Waals surface area contributed by atoms with Crippen molar-refractivity contribution < 1.29 is 4.74 Å². The highest BCUT2D eigenvalue weighted by molar-refractivity contribution is 9.10. The van der Waals surface area contributed by atoms with Crippen molar-refractivity contribution in [2.24, 2.45) is 0 Å². The van der Waals surface area contributed by atoms with Gasteiger partial charge in [0.15, 0.2) is 0 Å². The fourth-order valence-corrected chi connectivity index (χ4v) is 4.33. The van der Waals surface area contributed by atoms with Crippen molar-refractivity contribution in [1.82, 2.24) is 5.32 Å². The molecule has 1 heterocycles. The lowest BCUT2D eigenvalue weighted by molar-refractivity contribution is -0.00868. The maximum atomic E-state index is 5.98. The summed E-state index contributed by atoms with van der Waals surface area (Å²) in [6, 6.07) is 7.71. The zero-order valence-corrected chi connectivity index (χ0v) is 14.5. The van der Waals surface area contributed by atoms with Crippen molar-refractivity contribution in [1.29, 1.82) is 0 Å². The number of morpholine rings is 1. The maximum absolute atomic E-state index is 5.98. The van der Waals surface area contributed by atoms with Crippen LogP contribution in [0.15, 0.2) is 22.7 Å². The summed E-state index contributed by atoms with van der Waals surface area (Å²) in [5, 5.41) is 3.30. The summed E-state index contributed by atoms with van der Waals surface area (Å²) in [6.07, 6.45) is 5.56. The Morgan fingerprint density at radius 3 is 2.90 bits per heavy atom. The Kier molecular flexibility index (Phi) is 4.87. The largest absolute Gasteiger partial charge is 0.374 e. The van der Waals surface area contributed by atoms with Gasteiger partial charge in [-0.15, -0.1) is 0 Å². The second-order valence-corrected chi connectivity index (χ2v) is 7.02. The average Bonchev–Trinajstić information content (AvgIpc) is 2.53. The van der Waals surface area contributed by atoms with Crippen molar-refractivity contribution in [3.8, 4) is 0 Å². The zero-order chi connectivity index (χ0) is 14.8. The third-order valence-electron chi connectivity index (χ3n) is 4.95. The molecule has 2 aliphatic rings. The summed E-state index contributed by atoms with van der Waals surface area (Å²) in [5.74, 6) is 0. The van der Waals surface area contributed by atoms with E-state index in [1.165, 1.54) is 41.4 Å². The molecule has 116 valence electrons. The van der Waals surface area contributed by atoms with Gasteiger partial charge in [0, 0.05) is 22.7 Å². The van der Waals surface area contributed by atoms with E-state index in [1.54, 1.807) is 0 Å². The lowest BCUT2D eigenvalue weighted by Gasteiger charge is -2.45. The molecule has 3 unspecified atom stereocenters. The van der Waals surface area contributed by atoms with Crippen LogP contribution in [-0.4, -0.2) is 32.3 Å². The predicted octanol–water partition coefficient (Wildman–Crippen LogP) is 3.88. The molecule has 0 bridgehead atoms. The number of nitrogens with zero attached hydrogens (tertiary/aromatic N) is 1. The molecule has 0 radical (unpaired) electrons. The number of hydrogen-bond acceptors (Lipinski definition) is 3. The number of halogens is 1. The lowest BCUT2D eigenvalue weighted by atomic mass is 9.89. The first-order valence-electron chi connectivity index (χ1n) is 8.05. The molecule has 0 spiro atoms. The maximum Gasteiger partial charge on any atom is 0.0779 e. The van der Waals surface area contributed by atoms with Gasteiger partial charge >= 0.3 is 0 Å². The standard InChI is InChI=1S/C17H25BrN2O/c1-12(19-2)14-8-7-13(11-15(14)18)20-9-10-21-17-6-4-3-5-16(17)20/h7-8,11-12,16-17,19H,3-6,9-10H2,1-2H3. The molecule has 1 saturated heterocycles. The molecule has 1 aliphatic heterocycles. The number of rotatable bonds is 3. The molecule has 3 nitrogen and oxygen atoms in total. The molecule has 21 heavy (non-hydrogen) atoms. The number of ether oxygens (including phenoxy) is 1. The van der Waals surface area contributed by atoms with Crippen LogP contribution in [0.25, 0.3) is 0 Å². The molecular weight excluding hydrogens is 328 g/mol. The minimum atomic E-state index is 0.362. The van der Waals surface area contributed by atoms with E-state index in [4.69, 9.17) is 4.74 Å². The Hall–Kier alpha value is -0.580. The highest BCUT2D eigenvalue weighted by Gasteiger charge is 2.34. The predicted molar refractivity (Wildman–Crippen MR) is 91.0 cm³/mol. The van der Waals surface area contributed by atoms with Crippen molar-refractivity contribution in [2.75, 3.05) is 25.1 Å². The van der Waals surface area contributed by atoms with Crippen molar-refractivity contribution >= 4 is 21.6 Å². The van der Waals surface area contributed by atoms with Crippen LogP contribution in [0, 0.1) is 0 Å². The second kappa shape index (κ2) is 6.67. The topological polar surface area (TPSA) is 24.5 Å². The molecule has 3 rings (SSSR count). The van der Waals surface area contributed by atoms with Gasteiger partial charge in [0.25, 0.3) is 0 Å². The van der Waals surface area contributed by atoms with Gasteiger partial charge in [-0.25, -0.2) is 0 Å². The second-order valence-electron chi connectivity index (χ2n) is 6.17. The lowest BCUT2D eigenvalue weighted by Crippen LogP contribution is -2.52. The van der Waals surface area contributed by atoms with E-state index in [9.17, 15) is 0 Å². The summed E-state index contributed by atoms with van der Waals surface area (Å²) in [5.41, 5.74) is 2.64. The van der Waals surface area contributed by atoms with E-state index in [1.807, 2.05) is 7.05 Å². The Balaban J connectivity index is 1.84. The Morgan fingerprint density at radius 1 is 1.33 bits per heavy atom. The van der Waals surface area contributed by atoms with Crippen LogP contribution in [0.3, 0.4) is 0 Å². The van der Waals surface area contributed by atoms with E-state index in [-0.39, 0.29) is 0 Å². The van der Waals surface area contributed by atoms with E-state index in [2.05, 4.69) is 51.3 Å². The molecule has 0 aromatic heterocycles. The molecule has 1 N–H and O–H groups in total. The minimum Gasteiger partial charge on any atom is -0.374 e. The molecule has 0 amide bonds. The van der Waals surface area contributed by atoms with Crippen molar-refractivity contribution in [3.63, 3.8) is 0 Å². The van der Waals surface area contributed by atoms with Gasteiger partial charge in [0.2, 0.25) is 0 Å². The fourth-order valence-electron chi connectivity index (χ4n) is 3.62. The van der Waals surface area contributed by atoms with Gasteiger partial charge in [-0.2, -0.15) is 0 Å². The Labute approximate surface area is 136 Å². The SMILES string of the molecule is CNC(C)c1ccc(N2CCOC3CCCCC32)cc1Br. The van der Waals surface area contributed by atoms with Crippen LogP contribution in [0.4, 0.5) is 5.69 Å². The van der Waals surface area contributed by atoms with Gasteiger partial charge in [0.05, 0.1) is 18.8 Å². The smallest absolute Gasteiger partial charge is 0.0779 e. The van der Waals surface area contributed by atoms with E-state index in [0.29, 0.717) is 18.2 Å². The number of fused-ring (bicyclic) bond motifs is 1. The van der Waals surface area contributed by atoms with Crippen molar-refractivity contribution in [3.05, 3.63) is 28.2 Å². The van der Waals surface area contributed by atoms with E-state index >= 15 is 0 Å². The molecule has 2 fully saturated rings. The summed E-state index contributed by atoms with van der Waals surface area (Å²) in [6.45, 7) is 4.05. The zero-order valence-electron chi connectivity index (χ0n) is 12.9. The third kappa shape index (κ3) is 3.13. The number of benzene rings is 1. The van der Waals surface area contributed by atoms with Gasteiger partial charge in [0.1, 0.15) is 0 Å². The van der Waals surface area contributed by atoms with Crippen LogP contribution in [0.2, 0.25) is 0 Å². The Bertz CT molecular complexity index is 492. The first-order valence-corrected chi connectivity index (χ1v) is 8.85. The van der Waals surface area contributed by atoms with Gasteiger partial charge in [-0.3, -0.25) is 0 Å². The number of nitrogens with one attached hydrogen (secondary N) is 1. The monoisotopic (exact) mass is 352 g/mol. The molecule has 1 aliphatic carbocycles. The van der Waals surface area contributed by atoms with Gasteiger partial charge in [-0.05, 0) is 44.5 Å². The van der Waals surface area contributed by atoms with E-state index in [0.717, 1.165) is 13.2 Å². The average molecular weight is 353 g/mol. The minimum absolute atomic E-state index is 0.362. The molecule has 3 atom stereocenters. The first-order chi connectivity index (χ1) is 10.2. The van der Waals surface area contributed by atoms with Crippen molar-refractivity contribution in [2.45, 2.75) is 50.8 Å². The van der Waals surface area contributed by atoms with Crippen LogP contribution in [0.5, 0.6) is 0 Å². The quantitative estimate of drug-likeness (QED) is 0.893. The number of hydrogen-bond donors (Lipinski definition) is 1. The van der Waals surface area contributed by atoms with Gasteiger partial charge < -0.3 is 15.0 Å².